The molecule has 0 amide bonds. The highest BCUT2D eigenvalue weighted by molar-refractivity contribution is 5.86. The first-order chi connectivity index (χ1) is 10.0. The maximum absolute atomic E-state index is 11.0. The molecule has 0 saturated carbocycles. The van der Waals surface area contributed by atoms with Gasteiger partial charge in [-0.25, -0.2) is 9.48 Å². The van der Waals surface area contributed by atoms with Crippen molar-refractivity contribution in [2.75, 3.05) is 7.11 Å². The number of nitrogens with zero attached hydrogens (tertiary/aromatic N) is 4. The normalized spacial score (nSPS) is 10.5. The number of nitro groups is 1. The van der Waals surface area contributed by atoms with Crippen molar-refractivity contribution in [1.82, 2.24) is 15.0 Å². The second kappa shape index (κ2) is 6.09. The fourth-order valence-electron chi connectivity index (χ4n) is 1.80. The number of rotatable bonds is 6. The van der Waals surface area contributed by atoms with E-state index < -0.39 is 10.9 Å². The summed E-state index contributed by atoms with van der Waals surface area (Å²) in [4.78, 5) is 21.1. The van der Waals surface area contributed by atoms with Crippen molar-refractivity contribution in [3.05, 3.63) is 51.3 Å². The Labute approximate surface area is 118 Å². The molecule has 1 aromatic heterocycles. The van der Waals surface area contributed by atoms with Crippen LogP contribution in [0.3, 0.4) is 0 Å². The van der Waals surface area contributed by atoms with Crippen molar-refractivity contribution in [2.24, 2.45) is 0 Å². The molecule has 0 bridgehead atoms. The minimum absolute atomic E-state index is 0.0133. The predicted octanol–water partition coefficient (Wildman–Crippen LogP) is 1.08. The van der Waals surface area contributed by atoms with E-state index in [1.165, 1.54) is 23.9 Å². The molecule has 9 nitrogen and oxygen atoms in total. The summed E-state index contributed by atoms with van der Waals surface area (Å²) < 4.78 is 6.35. The summed E-state index contributed by atoms with van der Waals surface area (Å²) >= 11 is 0. The van der Waals surface area contributed by atoms with Gasteiger partial charge < -0.3 is 9.84 Å². The quantitative estimate of drug-likeness (QED) is 0.624. The van der Waals surface area contributed by atoms with Crippen LogP contribution in [0.2, 0.25) is 0 Å². The minimum Gasteiger partial charge on any atom is -0.476 e. The van der Waals surface area contributed by atoms with Crippen molar-refractivity contribution in [3.8, 4) is 0 Å². The standard InChI is InChI=1S/C12H12N4O5/c1-21-7-10-11(12(17)18)13-14-15(10)6-8-2-4-9(5-3-8)16(19)20/h2-5H,6-7H2,1H3,(H,17,18). The molecule has 110 valence electrons. The van der Waals surface area contributed by atoms with Gasteiger partial charge in [-0.15, -0.1) is 5.10 Å². The molecule has 0 radical (unpaired) electrons. The fraction of sp³-hybridized carbons (Fsp3) is 0.250. The Hall–Kier alpha value is -2.81. The van der Waals surface area contributed by atoms with Crippen LogP contribution in [0.15, 0.2) is 24.3 Å². The summed E-state index contributed by atoms with van der Waals surface area (Å²) in [5, 5.41) is 27.0. The van der Waals surface area contributed by atoms with Gasteiger partial charge in [0.15, 0.2) is 5.69 Å². The number of aromatic carboxylic acids is 1. The zero-order valence-electron chi connectivity index (χ0n) is 11.1. The number of benzene rings is 1. The molecule has 1 aromatic carbocycles. The summed E-state index contributed by atoms with van der Waals surface area (Å²) in [6.07, 6.45) is 0. The SMILES string of the molecule is COCc1c(C(=O)O)nnn1Cc1ccc([N+](=O)[O-])cc1. The van der Waals surface area contributed by atoms with Gasteiger partial charge in [-0.3, -0.25) is 10.1 Å². The van der Waals surface area contributed by atoms with Gasteiger partial charge in [0.1, 0.15) is 0 Å². The number of hydrogen-bond donors (Lipinski definition) is 1. The first kappa shape index (κ1) is 14.6. The number of ether oxygens (including phenoxy) is 1. The topological polar surface area (TPSA) is 120 Å². The third kappa shape index (κ3) is 3.20. The number of aromatic nitrogens is 3. The third-order valence-electron chi connectivity index (χ3n) is 2.80. The molecule has 0 aliphatic rings. The van der Waals surface area contributed by atoms with Crippen LogP contribution in [0.25, 0.3) is 0 Å². The molecule has 0 unspecified atom stereocenters. The fourth-order valence-corrected chi connectivity index (χ4v) is 1.80. The zero-order chi connectivity index (χ0) is 15.4. The Morgan fingerprint density at radius 1 is 1.43 bits per heavy atom. The summed E-state index contributed by atoms with van der Waals surface area (Å²) in [7, 11) is 1.44. The van der Waals surface area contributed by atoms with Gasteiger partial charge in [0.25, 0.3) is 5.69 Å². The molecule has 21 heavy (non-hydrogen) atoms. The van der Waals surface area contributed by atoms with Crippen molar-refractivity contribution < 1.29 is 19.6 Å². The van der Waals surface area contributed by atoms with Crippen molar-refractivity contribution >= 4 is 11.7 Å². The summed E-state index contributed by atoms with van der Waals surface area (Å²) in [6.45, 7) is 0.304. The predicted molar refractivity (Wildman–Crippen MR) is 69.9 cm³/mol. The first-order valence-corrected chi connectivity index (χ1v) is 5.91. The van der Waals surface area contributed by atoms with Crippen LogP contribution in [0, 0.1) is 10.1 Å². The average molecular weight is 292 g/mol. The Morgan fingerprint density at radius 3 is 2.62 bits per heavy atom. The molecule has 0 aliphatic heterocycles. The monoisotopic (exact) mass is 292 g/mol. The molecule has 1 N–H and O–H groups in total. The lowest BCUT2D eigenvalue weighted by Crippen LogP contribution is -2.10. The Kier molecular flexibility index (Phi) is 4.24. The van der Waals surface area contributed by atoms with E-state index in [-0.39, 0.29) is 24.5 Å². The number of carboxylic acids is 1. The van der Waals surface area contributed by atoms with Gasteiger partial charge >= 0.3 is 5.97 Å². The smallest absolute Gasteiger partial charge is 0.358 e. The second-order valence-corrected chi connectivity index (χ2v) is 4.20. The molecule has 0 saturated heterocycles. The van der Waals surface area contributed by atoms with E-state index in [9.17, 15) is 14.9 Å². The highest BCUT2D eigenvalue weighted by atomic mass is 16.6. The molecule has 1 heterocycles. The van der Waals surface area contributed by atoms with Crippen LogP contribution in [0.5, 0.6) is 0 Å². The van der Waals surface area contributed by atoms with Gasteiger partial charge in [-0.2, -0.15) is 0 Å². The Balaban J connectivity index is 2.26. The van der Waals surface area contributed by atoms with E-state index in [4.69, 9.17) is 9.84 Å². The minimum atomic E-state index is -1.18. The van der Waals surface area contributed by atoms with Gasteiger partial charge in [0, 0.05) is 19.2 Å². The summed E-state index contributed by atoms with van der Waals surface area (Å²) in [5.74, 6) is -1.18. The van der Waals surface area contributed by atoms with Gasteiger partial charge in [0.2, 0.25) is 0 Å². The van der Waals surface area contributed by atoms with E-state index in [0.717, 1.165) is 5.56 Å². The number of carboxylic acid groups (broad SMARTS) is 1. The molecule has 2 aromatic rings. The number of methoxy groups -OCH3 is 1. The van der Waals surface area contributed by atoms with E-state index in [0.29, 0.717) is 5.69 Å². The summed E-state index contributed by atoms with van der Waals surface area (Å²) in [6, 6.07) is 5.91. The van der Waals surface area contributed by atoms with E-state index in [1.807, 2.05) is 0 Å². The molecule has 0 atom stereocenters. The van der Waals surface area contributed by atoms with Gasteiger partial charge in [-0.1, -0.05) is 17.3 Å². The van der Waals surface area contributed by atoms with Crippen LogP contribution in [0.1, 0.15) is 21.7 Å². The van der Waals surface area contributed by atoms with Crippen LogP contribution >= 0.6 is 0 Å². The van der Waals surface area contributed by atoms with E-state index >= 15 is 0 Å². The van der Waals surface area contributed by atoms with Crippen molar-refractivity contribution in [3.63, 3.8) is 0 Å². The number of non-ortho nitro benzene ring substituents is 1. The lowest BCUT2D eigenvalue weighted by atomic mass is 10.2. The largest absolute Gasteiger partial charge is 0.476 e. The van der Waals surface area contributed by atoms with Crippen LogP contribution in [-0.4, -0.2) is 38.1 Å². The zero-order valence-corrected chi connectivity index (χ0v) is 11.1. The highest BCUT2D eigenvalue weighted by Gasteiger charge is 2.19. The average Bonchev–Trinajstić information content (AvgIpc) is 2.83. The van der Waals surface area contributed by atoms with Crippen LogP contribution in [0.4, 0.5) is 5.69 Å². The lowest BCUT2D eigenvalue weighted by Gasteiger charge is -2.06. The van der Waals surface area contributed by atoms with Crippen molar-refractivity contribution in [1.29, 1.82) is 0 Å². The highest BCUT2D eigenvalue weighted by Crippen LogP contribution is 2.14. The van der Waals surface area contributed by atoms with E-state index in [2.05, 4.69) is 10.3 Å². The Bertz CT molecular complexity index is 665. The second-order valence-electron chi connectivity index (χ2n) is 4.20. The molecular weight excluding hydrogens is 280 g/mol. The first-order valence-electron chi connectivity index (χ1n) is 5.91. The number of carbonyl (C=O) groups is 1. The summed E-state index contributed by atoms with van der Waals surface area (Å²) in [5.41, 5.74) is 0.891. The molecule has 9 heteroatoms. The van der Waals surface area contributed by atoms with Gasteiger partial charge in [-0.05, 0) is 5.56 Å². The van der Waals surface area contributed by atoms with Crippen molar-refractivity contribution in [2.45, 2.75) is 13.2 Å². The maximum atomic E-state index is 11.0. The molecule has 0 spiro atoms. The van der Waals surface area contributed by atoms with Crippen LogP contribution in [-0.2, 0) is 17.9 Å². The maximum Gasteiger partial charge on any atom is 0.358 e. The lowest BCUT2D eigenvalue weighted by molar-refractivity contribution is -0.384. The van der Waals surface area contributed by atoms with E-state index in [1.54, 1.807) is 12.1 Å². The third-order valence-corrected chi connectivity index (χ3v) is 2.80. The van der Waals surface area contributed by atoms with Gasteiger partial charge in [0.05, 0.1) is 23.8 Å². The van der Waals surface area contributed by atoms with Crippen LogP contribution < -0.4 is 0 Å². The molecule has 0 aliphatic carbocycles. The molecule has 0 fully saturated rings. The number of nitro benzene ring substituents is 1. The molecular formula is C12H12N4O5. The molecule has 2 rings (SSSR count). The Morgan fingerprint density at radius 2 is 2.10 bits per heavy atom. The number of hydrogen-bond acceptors (Lipinski definition) is 6.